The van der Waals surface area contributed by atoms with Crippen molar-refractivity contribution in [1.82, 2.24) is 4.98 Å². The predicted octanol–water partition coefficient (Wildman–Crippen LogP) is 4.11. The van der Waals surface area contributed by atoms with Gasteiger partial charge in [-0.1, -0.05) is 18.2 Å². The SMILES string of the molecule is N=C(N)c1ccc2c(c1)-c1sc(C(=O)Nc3c(F)cccc3F)nc1CCC2. The van der Waals surface area contributed by atoms with Crippen LogP contribution in [0, 0.1) is 17.0 Å². The van der Waals surface area contributed by atoms with Crippen LogP contribution in [0.4, 0.5) is 14.5 Å². The number of aromatic nitrogens is 1. The zero-order valence-electron chi connectivity index (χ0n) is 14.7. The number of hydrogen-bond donors (Lipinski definition) is 3. The van der Waals surface area contributed by atoms with Crippen LogP contribution in [0.2, 0.25) is 0 Å². The van der Waals surface area contributed by atoms with Gasteiger partial charge in [0.1, 0.15) is 23.2 Å². The van der Waals surface area contributed by atoms with Gasteiger partial charge in [0.2, 0.25) is 0 Å². The number of nitrogens with one attached hydrogen (secondary N) is 2. The predicted molar refractivity (Wildman–Crippen MR) is 105 cm³/mol. The van der Waals surface area contributed by atoms with E-state index in [1.807, 2.05) is 18.2 Å². The van der Waals surface area contributed by atoms with Crippen LogP contribution >= 0.6 is 11.3 Å². The maximum absolute atomic E-state index is 13.8. The number of carbonyl (C=O) groups is 1. The van der Waals surface area contributed by atoms with Gasteiger partial charge in [-0.2, -0.15) is 0 Å². The minimum absolute atomic E-state index is 0.0360. The molecule has 3 aromatic rings. The molecule has 0 radical (unpaired) electrons. The Morgan fingerprint density at radius 2 is 1.93 bits per heavy atom. The highest BCUT2D eigenvalue weighted by Gasteiger charge is 2.23. The zero-order valence-corrected chi connectivity index (χ0v) is 15.5. The maximum atomic E-state index is 13.8. The highest BCUT2D eigenvalue weighted by atomic mass is 32.1. The molecule has 1 heterocycles. The summed E-state index contributed by atoms with van der Waals surface area (Å²) in [6.07, 6.45) is 2.42. The molecule has 1 amide bonds. The Balaban J connectivity index is 1.72. The Kier molecular flexibility index (Phi) is 4.64. The van der Waals surface area contributed by atoms with Crippen molar-refractivity contribution >= 4 is 28.8 Å². The van der Waals surface area contributed by atoms with Crippen LogP contribution in [0.5, 0.6) is 0 Å². The number of halogens is 2. The number of para-hydroxylation sites is 1. The Bertz CT molecular complexity index is 1090. The van der Waals surface area contributed by atoms with Gasteiger partial charge >= 0.3 is 0 Å². The van der Waals surface area contributed by atoms with E-state index < -0.39 is 23.2 Å². The molecule has 1 aromatic heterocycles. The van der Waals surface area contributed by atoms with Gasteiger partial charge in [-0.25, -0.2) is 13.8 Å². The van der Waals surface area contributed by atoms with Crippen LogP contribution in [0.25, 0.3) is 10.4 Å². The highest BCUT2D eigenvalue weighted by Crippen LogP contribution is 2.37. The van der Waals surface area contributed by atoms with E-state index in [-0.39, 0.29) is 10.8 Å². The number of benzene rings is 2. The molecule has 0 saturated carbocycles. The number of nitrogens with zero attached hydrogens (tertiary/aromatic N) is 1. The molecule has 4 N–H and O–H groups in total. The van der Waals surface area contributed by atoms with Crippen molar-refractivity contribution in [2.75, 3.05) is 5.32 Å². The quantitative estimate of drug-likeness (QED) is 0.458. The van der Waals surface area contributed by atoms with Crippen molar-refractivity contribution in [2.45, 2.75) is 19.3 Å². The first-order chi connectivity index (χ1) is 13.4. The average molecular weight is 398 g/mol. The fourth-order valence-corrected chi connectivity index (χ4v) is 4.29. The fourth-order valence-electron chi connectivity index (χ4n) is 3.23. The van der Waals surface area contributed by atoms with Gasteiger partial charge < -0.3 is 11.1 Å². The van der Waals surface area contributed by atoms with E-state index in [1.165, 1.54) is 17.4 Å². The van der Waals surface area contributed by atoms with Gasteiger partial charge in [0.15, 0.2) is 5.01 Å². The molecule has 0 bridgehead atoms. The molecule has 0 atom stereocenters. The van der Waals surface area contributed by atoms with Crippen molar-refractivity contribution in [1.29, 1.82) is 5.41 Å². The van der Waals surface area contributed by atoms with Crippen molar-refractivity contribution < 1.29 is 13.6 Å². The number of fused-ring (bicyclic) bond motifs is 3. The minimum atomic E-state index is -0.845. The lowest BCUT2D eigenvalue weighted by atomic mass is 10.0. The summed E-state index contributed by atoms with van der Waals surface area (Å²) < 4.78 is 27.6. The molecule has 0 spiro atoms. The lowest BCUT2D eigenvalue weighted by molar-refractivity contribution is 0.102. The summed E-state index contributed by atoms with van der Waals surface area (Å²) in [6.45, 7) is 0. The average Bonchev–Trinajstić information content (AvgIpc) is 3.01. The molecular formula is C20H16F2N4OS. The molecular weight excluding hydrogens is 382 g/mol. The Morgan fingerprint density at radius 1 is 1.18 bits per heavy atom. The molecule has 1 aliphatic rings. The standard InChI is InChI=1S/C20H16F2N4OS/c21-13-4-2-5-14(22)16(13)26-19(27)20-25-15-6-1-3-10-7-8-11(18(23)24)9-12(10)17(15)28-20/h2,4-5,7-9H,1,3,6H2,(H3,23,24)(H,26,27). The van der Waals surface area contributed by atoms with Crippen LogP contribution in [0.1, 0.15) is 33.0 Å². The van der Waals surface area contributed by atoms with Gasteiger partial charge in [0.05, 0.1) is 10.6 Å². The van der Waals surface area contributed by atoms with E-state index in [1.54, 1.807) is 0 Å². The van der Waals surface area contributed by atoms with Crippen LogP contribution < -0.4 is 11.1 Å². The van der Waals surface area contributed by atoms with Crippen molar-refractivity contribution in [3.05, 3.63) is 69.9 Å². The largest absolute Gasteiger partial charge is 0.384 e. The monoisotopic (exact) mass is 398 g/mol. The lowest BCUT2D eigenvalue weighted by Crippen LogP contribution is -2.14. The molecule has 0 aliphatic heterocycles. The summed E-state index contributed by atoms with van der Waals surface area (Å²) in [5.74, 6) is -2.39. The van der Waals surface area contributed by atoms with E-state index in [4.69, 9.17) is 11.1 Å². The summed E-state index contributed by atoms with van der Waals surface area (Å²) in [6, 6.07) is 8.97. The number of amides is 1. The van der Waals surface area contributed by atoms with Crippen LogP contribution in [0.3, 0.4) is 0 Å². The summed E-state index contributed by atoms with van der Waals surface area (Å²) in [5.41, 5.74) is 8.48. The second-order valence-corrected chi connectivity index (χ2v) is 7.48. The first-order valence-corrected chi connectivity index (χ1v) is 9.48. The molecule has 0 saturated heterocycles. The number of thiazole rings is 1. The molecule has 5 nitrogen and oxygen atoms in total. The third-order valence-corrected chi connectivity index (χ3v) is 5.75. The molecule has 28 heavy (non-hydrogen) atoms. The fraction of sp³-hybridized carbons (Fsp3) is 0.150. The highest BCUT2D eigenvalue weighted by molar-refractivity contribution is 7.17. The molecule has 0 fully saturated rings. The number of carbonyl (C=O) groups excluding carboxylic acids is 1. The van der Waals surface area contributed by atoms with E-state index in [0.717, 1.165) is 46.7 Å². The van der Waals surface area contributed by atoms with Crippen LogP contribution in [-0.2, 0) is 12.8 Å². The number of anilines is 1. The summed E-state index contributed by atoms with van der Waals surface area (Å²) in [4.78, 5) is 17.8. The number of aryl methyl sites for hydroxylation is 2. The molecule has 1 aliphatic carbocycles. The Morgan fingerprint density at radius 3 is 2.64 bits per heavy atom. The van der Waals surface area contributed by atoms with Gasteiger partial charge in [0.25, 0.3) is 5.91 Å². The zero-order chi connectivity index (χ0) is 19.8. The van der Waals surface area contributed by atoms with Crippen molar-refractivity contribution in [3.63, 3.8) is 0 Å². The number of rotatable bonds is 3. The first kappa shape index (κ1) is 18.2. The van der Waals surface area contributed by atoms with E-state index in [2.05, 4.69) is 10.3 Å². The number of nitrogen functional groups attached to an aromatic ring is 1. The third kappa shape index (κ3) is 3.27. The molecule has 8 heteroatoms. The summed E-state index contributed by atoms with van der Waals surface area (Å²) >= 11 is 1.17. The van der Waals surface area contributed by atoms with E-state index in [0.29, 0.717) is 12.0 Å². The Hall–Kier alpha value is -3.13. The molecule has 0 unspecified atom stereocenters. The van der Waals surface area contributed by atoms with E-state index >= 15 is 0 Å². The molecule has 142 valence electrons. The normalized spacial score (nSPS) is 12.6. The van der Waals surface area contributed by atoms with E-state index in [9.17, 15) is 13.6 Å². The van der Waals surface area contributed by atoms with Crippen molar-refractivity contribution in [3.8, 4) is 10.4 Å². The molecule has 4 rings (SSSR count). The summed E-state index contributed by atoms with van der Waals surface area (Å²) in [7, 11) is 0. The minimum Gasteiger partial charge on any atom is -0.384 e. The van der Waals surface area contributed by atoms with Gasteiger partial charge in [-0.05, 0) is 48.6 Å². The smallest absolute Gasteiger partial charge is 0.284 e. The lowest BCUT2D eigenvalue weighted by Gasteiger charge is -2.08. The first-order valence-electron chi connectivity index (χ1n) is 8.67. The maximum Gasteiger partial charge on any atom is 0.284 e. The second-order valence-electron chi connectivity index (χ2n) is 6.48. The van der Waals surface area contributed by atoms with Crippen molar-refractivity contribution in [2.24, 2.45) is 5.73 Å². The van der Waals surface area contributed by atoms with Gasteiger partial charge in [-0.3, -0.25) is 10.2 Å². The number of amidine groups is 1. The van der Waals surface area contributed by atoms with Gasteiger partial charge in [0, 0.05) is 5.56 Å². The Labute approximate surface area is 163 Å². The topological polar surface area (TPSA) is 91.9 Å². The van der Waals surface area contributed by atoms with Gasteiger partial charge in [-0.15, -0.1) is 11.3 Å². The van der Waals surface area contributed by atoms with Crippen LogP contribution in [0.15, 0.2) is 36.4 Å². The third-order valence-electron chi connectivity index (χ3n) is 4.62. The number of hydrogen-bond acceptors (Lipinski definition) is 4. The molecule has 2 aromatic carbocycles. The number of nitrogens with two attached hydrogens (primary N) is 1. The van der Waals surface area contributed by atoms with Crippen LogP contribution in [-0.4, -0.2) is 16.7 Å². The summed E-state index contributed by atoms with van der Waals surface area (Å²) in [5, 5.41) is 10.1. The second kappa shape index (κ2) is 7.12.